The minimum absolute atomic E-state index is 0.294. The van der Waals surface area contributed by atoms with Crippen LogP contribution in [0.15, 0.2) is 79.1 Å². The highest BCUT2D eigenvalue weighted by Gasteiger charge is 2.20. The average molecular weight is 362 g/mol. The van der Waals surface area contributed by atoms with E-state index in [9.17, 15) is 4.39 Å². The molecule has 0 saturated heterocycles. The van der Waals surface area contributed by atoms with E-state index in [1.54, 1.807) is 24.5 Å². The van der Waals surface area contributed by atoms with Crippen molar-refractivity contribution in [2.45, 2.75) is 0 Å². The van der Waals surface area contributed by atoms with Gasteiger partial charge in [-0.25, -0.2) is 4.39 Å². The molecule has 2 aromatic heterocycles. The Balaban J connectivity index is 2.06. The molecular weight excluding hydrogens is 349 g/mol. The molecule has 0 saturated carbocycles. The summed E-state index contributed by atoms with van der Waals surface area (Å²) in [5, 5.41) is 8.74. The van der Waals surface area contributed by atoms with Crippen LogP contribution in [0.3, 0.4) is 0 Å². The van der Waals surface area contributed by atoms with Crippen molar-refractivity contribution in [3.05, 3.63) is 90.1 Å². The Bertz CT molecular complexity index is 1040. The highest BCUT2D eigenvalue weighted by Crippen LogP contribution is 2.41. The maximum absolute atomic E-state index is 13.4. The predicted octanol–water partition coefficient (Wildman–Crippen LogP) is 5.67. The Morgan fingerprint density at radius 3 is 2.12 bits per heavy atom. The number of hydrogen-bond acceptors (Lipinski definition) is 3. The molecule has 0 N–H and O–H groups in total. The van der Waals surface area contributed by atoms with Gasteiger partial charge in [0.1, 0.15) is 11.5 Å². The van der Waals surface area contributed by atoms with Gasteiger partial charge >= 0.3 is 0 Å². The van der Waals surface area contributed by atoms with Crippen LogP contribution in [-0.4, -0.2) is 15.2 Å². The van der Waals surface area contributed by atoms with E-state index in [1.807, 2.05) is 42.5 Å². The van der Waals surface area contributed by atoms with E-state index in [1.165, 1.54) is 12.1 Å². The van der Waals surface area contributed by atoms with Crippen LogP contribution in [0, 0.1) is 5.82 Å². The number of aromatic nitrogens is 3. The van der Waals surface area contributed by atoms with Gasteiger partial charge in [-0.2, -0.15) is 0 Å². The Hall–Kier alpha value is -3.11. The summed E-state index contributed by atoms with van der Waals surface area (Å²) in [4.78, 5) is 4.19. The summed E-state index contributed by atoms with van der Waals surface area (Å²) < 4.78 is 13.4. The molecule has 2 heterocycles. The van der Waals surface area contributed by atoms with E-state index >= 15 is 0 Å². The van der Waals surface area contributed by atoms with Gasteiger partial charge in [0.25, 0.3) is 0 Å². The number of halogens is 2. The highest BCUT2D eigenvalue weighted by atomic mass is 35.5. The van der Waals surface area contributed by atoms with Crippen LogP contribution in [0.5, 0.6) is 0 Å². The first kappa shape index (κ1) is 16.4. The van der Waals surface area contributed by atoms with Crippen LogP contribution in [-0.2, 0) is 0 Å². The molecule has 5 heteroatoms. The van der Waals surface area contributed by atoms with E-state index < -0.39 is 0 Å². The SMILES string of the molecule is Fc1ccc(-c2nnc(Cl)c(-c3cccnc3)c2-c2ccccc2)cc1. The summed E-state index contributed by atoms with van der Waals surface area (Å²) in [5.41, 5.74) is 4.78. The van der Waals surface area contributed by atoms with Gasteiger partial charge in [-0.05, 0) is 35.9 Å². The van der Waals surface area contributed by atoms with Crippen LogP contribution in [0.25, 0.3) is 33.5 Å². The maximum Gasteiger partial charge on any atom is 0.160 e. The zero-order chi connectivity index (χ0) is 17.9. The van der Waals surface area contributed by atoms with Crippen molar-refractivity contribution in [3.8, 4) is 33.5 Å². The second-order valence-electron chi connectivity index (χ2n) is 5.70. The van der Waals surface area contributed by atoms with Crippen molar-refractivity contribution in [1.29, 1.82) is 0 Å². The molecule has 0 aliphatic heterocycles. The molecule has 0 aliphatic carbocycles. The van der Waals surface area contributed by atoms with E-state index in [2.05, 4.69) is 15.2 Å². The van der Waals surface area contributed by atoms with Crippen molar-refractivity contribution in [2.24, 2.45) is 0 Å². The molecule has 0 spiro atoms. The Morgan fingerprint density at radius 1 is 0.692 bits per heavy atom. The lowest BCUT2D eigenvalue weighted by Gasteiger charge is -2.15. The van der Waals surface area contributed by atoms with Crippen LogP contribution in [0.4, 0.5) is 4.39 Å². The summed E-state index contributed by atoms with van der Waals surface area (Å²) in [6.07, 6.45) is 3.44. The average Bonchev–Trinajstić information content (AvgIpc) is 2.70. The first-order valence-electron chi connectivity index (χ1n) is 8.02. The predicted molar refractivity (Wildman–Crippen MR) is 101 cm³/mol. The number of hydrogen-bond donors (Lipinski definition) is 0. The standard InChI is InChI=1S/C21H13ClFN3/c22-21-19(16-7-4-12-24-13-16)18(14-5-2-1-3-6-14)20(25-26-21)15-8-10-17(23)11-9-15/h1-13H. The second-order valence-corrected chi connectivity index (χ2v) is 6.06. The highest BCUT2D eigenvalue weighted by molar-refractivity contribution is 6.33. The number of benzene rings is 2. The lowest BCUT2D eigenvalue weighted by Crippen LogP contribution is -1.98. The number of rotatable bonds is 3. The van der Waals surface area contributed by atoms with Crippen molar-refractivity contribution in [3.63, 3.8) is 0 Å². The fraction of sp³-hybridized carbons (Fsp3) is 0. The number of nitrogens with zero attached hydrogens (tertiary/aromatic N) is 3. The van der Waals surface area contributed by atoms with E-state index in [0.717, 1.165) is 27.8 Å². The first-order chi connectivity index (χ1) is 12.7. The van der Waals surface area contributed by atoms with Gasteiger partial charge in [-0.15, -0.1) is 10.2 Å². The van der Waals surface area contributed by atoms with Gasteiger partial charge in [0.05, 0.1) is 0 Å². The second kappa shape index (κ2) is 7.02. The smallest absolute Gasteiger partial charge is 0.160 e. The van der Waals surface area contributed by atoms with Gasteiger partial charge in [0.2, 0.25) is 0 Å². The molecule has 0 radical (unpaired) electrons. The summed E-state index contributed by atoms with van der Waals surface area (Å²) >= 11 is 6.44. The Kier molecular flexibility index (Phi) is 4.42. The van der Waals surface area contributed by atoms with Crippen molar-refractivity contribution < 1.29 is 4.39 Å². The Labute approximate surface area is 155 Å². The molecule has 0 atom stereocenters. The van der Waals surface area contributed by atoms with Gasteiger partial charge in [0, 0.05) is 34.6 Å². The largest absolute Gasteiger partial charge is 0.264 e. The lowest BCUT2D eigenvalue weighted by atomic mass is 9.93. The fourth-order valence-electron chi connectivity index (χ4n) is 2.89. The molecule has 26 heavy (non-hydrogen) atoms. The van der Waals surface area contributed by atoms with Crippen molar-refractivity contribution in [2.75, 3.05) is 0 Å². The maximum atomic E-state index is 13.4. The minimum atomic E-state index is -0.301. The van der Waals surface area contributed by atoms with Crippen LogP contribution >= 0.6 is 11.6 Å². The summed E-state index contributed by atoms with van der Waals surface area (Å²) in [5.74, 6) is -0.301. The molecule has 4 rings (SSSR count). The topological polar surface area (TPSA) is 38.7 Å². The van der Waals surface area contributed by atoms with E-state index in [-0.39, 0.29) is 5.82 Å². The van der Waals surface area contributed by atoms with E-state index in [0.29, 0.717) is 10.8 Å². The zero-order valence-electron chi connectivity index (χ0n) is 13.6. The van der Waals surface area contributed by atoms with Gasteiger partial charge in [-0.1, -0.05) is 48.0 Å². The molecule has 0 fully saturated rings. The third-order valence-corrected chi connectivity index (χ3v) is 4.33. The van der Waals surface area contributed by atoms with Crippen molar-refractivity contribution in [1.82, 2.24) is 15.2 Å². The lowest BCUT2D eigenvalue weighted by molar-refractivity contribution is 0.628. The fourth-order valence-corrected chi connectivity index (χ4v) is 3.13. The van der Waals surface area contributed by atoms with Crippen molar-refractivity contribution >= 4 is 11.6 Å². The minimum Gasteiger partial charge on any atom is -0.264 e. The summed E-state index contributed by atoms with van der Waals surface area (Å²) in [6, 6.07) is 19.8. The van der Waals surface area contributed by atoms with Crippen LogP contribution in [0.1, 0.15) is 0 Å². The normalized spacial score (nSPS) is 10.7. The van der Waals surface area contributed by atoms with Gasteiger partial charge < -0.3 is 0 Å². The third-order valence-electron chi connectivity index (χ3n) is 4.06. The molecular formula is C21H13ClFN3. The summed E-state index contributed by atoms with van der Waals surface area (Å²) in [7, 11) is 0. The zero-order valence-corrected chi connectivity index (χ0v) is 14.4. The molecule has 0 aliphatic rings. The number of pyridine rings is 1. The Morgan fingerprint density at radius 2 is 1.42 bits per heavy atom. The third kappa shape index (κ3) is 3.07. The first-order valence-corrected chi connectivity index (χ1v) is 8.40. The van der Waals surface area contributed by atoms with Gasteiger partial charge in [0.15, 0.2) is 5.15 Å². The molecule has 2 aromatic carbocycles. The molecule has 4 aromatic rings. The quantitative estimate of drug-likeness (QED) is 0.472. The monoisotopic (exact) mass is 361 g/mol. The molecule has 3 nitrogen and oxygen atoms in total. The van der Waals surface area contributed by atoms with Crippen LogP contribution < -0.4 is 0 Å². The van der Waals surface area contributed by atoms with Gasteiger partial charge in [-0.3, -0.25) is 4.98 Å². The van der Waals surface area contributed by atoms with E-state index in [4.69, 9.17) is 11.6 Å². The molecule has 126 valence electrons. The molecule has 0 unspecified atom stereocenters. The molecule has 0 amide bonds. The summed E-state index contributed by atoms with van der Waals surface area (Å²) in [6.45, 7) is 0. The van der Waals surface area contributed by atoms with Crippen LogP contribution in [0.2, 0.25) is 5.15 Å². The molecule has 0 bridgehead atoms.